The van der Waals surface area contributed by atoms with Crippen LogP contribution in [0.4, 0.5) is 0 Å². The van der Waals surface area contributed by atoms with Crippen LogP contribution in [0.25, 0.3) is 0 Å². The van der Waals surface area contributed by atoms with Crippen LogP contribution >= 0.6 is 11.6 Å². The van der Waals surface area contributed by atoms with Crippen LogP contribution in [-0.4, -0.2) is 45.4 Å². The van der Waals surface area contributed by atoms with E-state index in [0.29, 0.717) is 6.61 Å². The molecule has 0 spiro atoms. The molecule has 0 radical (unpaired) electrons. The maximum absolute atomic E-state index is 5.95. The summed E-state index contributed by atoms with van der Waals surface area (Å²) in [5.41, 5.74) is 0. The number of hydrogen-bond donors (Lipinski definition) is 1. The fourth-order valence-electron chi connectivity index (χ4n) is 1.04. The highest BCUT2D eigenvalue weighted by atomic mass is 35.5. The lowest BCUT2D eigenvalue weighted by Crippen LogP contribution is -2.24. The van der Waals surface area contributed by atoms with Crippen LogP contribution in [-0.2, 0) is 9.47 Å². The second-order valence-corrected chi connectivity index (χ2v) is 3.82. The topological polar surface area (TPSA) is 30.5 Å². The van der Waals surface area contributed by atoms with E-state index in [0.717, 1.165) is 39.1 Å². The van der Waals surface area contributed by atoms with Crippen LogP contribution in [0.3, 0.4) is 0 Å². The van der Waals surface area contributed by atoms with Crippen molar-refractivity contribution >= 4 is 11.6 Å². The van der Waals surface area contributed by atoms with Gasteiger partial charge in [-0.1, -0.05) is 6.92 Å². The first-order chi connectivity index (χ1) is 6.81. The molecule has 14 heavy (non-hydrogen) atoms. The lowest BCUT2D eigenvalue weighted by molar-refractivity contribution is 0.136. The standard InChI is InChI=1S/C10H22ClNO2/c1-3-7-14-8-6-12-5-4-10(11)9-13-2/h10,12H,3-9H2,1-2H3. The zero-order valence-corrected chi connectivity index (χ0v) is 9.98. The van der Waals surface area contributed by atoms with Gasteiger partial charge in [0.25, 0.3) is 0 Å². The average molecular weight is 224 g/mol. The van der Waals surface area contributed by atoms with Crippen molar-refractivity contribution in [1.82, 2.24) is 5.32 Å². The number of alkyl halides is 1. The van der Waals surface area contributed by atoms with Crippen molar-refractivity contribution in [3.63, 3.8) is 0 Å². The lowest BCUT2D eigenvalue weighted by Gasteiger charge is -2.09. The van der Waals surface area contributed by atoms with E-state index in [4.69, 9.17) is 21.1 Å². The summed E-state index contributed by atoms with van der Waals surface area (Å²) in [5, 5.41) is 3.38. The highest BCUT2D eigenvalue weighted by molar-refractivity contribution is 6.20. The molecule has 0 fully saturated rings. The summed E-state index contributed by atoms with van der Waals surface area (Å²) in [4.78, 5) is 0. The minimum atomic E-state index is 0.115. The zero-order chi connectivity index (χ0) is 10.6. The van der Waals surface area contributed by atoms with Crippen LogP contribution in [0.15, 0.2) is 0 Å². The Balaban J connectivity index is 2.98. The predicted molar refractivity (Wildman–Crippen MR) is 60.1 cm³/mol. The Morgan fingerprint density at radius 2 is 2.07 bits per heavy atom. The summed E-state index contributed by atoms with van der Waals surface area (Å²) in [7, 11) is 1.67. The molecule has 4 heteroatoms. The lowest BCUT2D eigenvalue weighted by atomic mass is 10.3. The Hall–Kier alpha value is 0.170. The van der Waals surface area contributed by atoms with Gasteiger partial charge in [-0.25, -0.2) is 0 Å². The molecule has 0 saturated heterocycles. The van der Waals surface area contributed by atoms with Gasteiger partial charge in [-0.2, -0.15) is 0 Å². The Morgan fingerprint density at radius 1 is 1.29 bits per heavy atom. The monoisotopic (exact) mass is 223 g/mol. The van der Waals surface area contributed by atoms with Gasteiger partial charge in [-0.15, -0.1) is 11.6 Å². The minimum Gasteiger partial charge on any atom is -0.383 e. The predicted octanol–water partition coefficient (Wildman–Crippen LogP) is 1.65. The molecule has 1 unspecified atom stereocenters. The molecule has 1 atom stereocenters. The first-order valence-corrected chi connectivity index (χ1v) is 5.66. The molecule has 3 nitrogen and oxygen atoms in total. The third-order valence-electron chi connectivity index (χ3n) is 1.75. The van der Waals surface area contributed by atoms with E-state index >= 15 is 0 Å². The number of hydrogen-bond acceptors (Lipinski definition) is 3. The van der Waals surface area contributed by atoms with Gasteiger partial charge >= 0.3 is 0 Å². The number of rotatable bonds is 10. The van der Waals surface area contributed by atoms with Crippen molar-refractivity contribution in [3.8, 4) is 0 Å². The molecule has 0 heterocycles. The summed E-state index contributed by atoms with van der Waals surface area (Å²) < 4.78 is 10.2. The summed E-state index contributed by atoms with van der Waals surface area (Å²) in [6.07, 6.45) is 2.01. The van der Waals surface area contributed by atoms with Crippen molar-refractivity contribution in [2.45, 2.75) is 25.1 Å². The maximum Gasteiger partial charge on any atom is 0.0626 e. The van der Waals surface area contributed by atoms with Gasteiger partial charge < -0.3 is 14.8 Å². The molecule has 0 bridgehead atoms. The van der Waals surface area contributed by atoms with Crippen molar-refractivity contribution in [2.24, 2.45) is 0 Å². The fraction of sp³-hybridized carbons (Fsp3) is 1.00. The molecule has 0 aliphatic rings. The largest absolute Gasteiger partial charge is 0.383 e. The van der Waals surface area contributed by atoms with Gasteiger partial charge in [-0.3, -0.25) is 0 Å². The second-order valence-electron chi connectivity index (χ2n) is 3.20. The summed E-state index contributed by atoms with van der Waals surface area (Å²) in [6.45, 7) is 6.18. The molecular formula is C10H22ClNO2. The van der Waals surface area contributed by atoms with Crippen molar-refractivity contribution < 1.29 is 9.47 Å². The van der Waals surface area contributed by atoms with Crippen LogP contribution in [0.2, 0.25) is 0 Å². The summed E-state index contributed by atoms with van der Waals surface area (Å²) in [5.74, 6) is 0. The number of nitrogens with one attached hydrogen (secondary N) is 1. The van der Waals surface area contributed by atoms with E-state index in [1.54, 1.807) is 7.11 Å². The first kappa shape index (κ1) is 14.2. The van der Waals surface area contributed by atoms with E-state index in [2.05, 4.69) is 12.2 Å². The minimum absolute atomic E-state index is 0.115. The molecule has 0 aromatic rings. The summed E-state index contributed by atoms with van der Waals surface area (Å²) in [6, 6.07) is 0. The molecule has 0 aromatic heterocycles. The molecule has 0 aliphatic heterocycles. The van der Waals surface area contributed by atoms with Crippen molar-refractivity contribution in [2.75, 3.05) is 40.0 Å². The molecule has 1 N–H and O–H groups in total. The first-order valence-electron chi connectivity index (χ1n) is 5.22. The highest BCUT2D eigenvalue weighted by Crippen LogP contribution is 2.00. The average Bonchev–Trinajstić information content (AvgIpc) is 2.17. The Labute approximate surface area is 92.1 Å². The van der Waals surface area contributed by atoms with E-state index in [1.807, 2.05) is 0 Å². The zero-order valence-electron chi connectivity index (χ0n) is 9.22. The highest BCUT2D eigenvalue weighted by Gasteiger charge is 2.01. The molecule has 0 rings (SSSR count). The fourth-order valence-corrected chi connectivity index (χ4v) is 1.27. The van der Waals surface area contributed by atoms with Gasteiger partial charge in [0.1, 0.15) is 0 Å². The van der Waals surface area contributed by atoms with Gasteiger partial charge in [0.15, 0.2) is 0 Å². The van der Waals surface area contributed by atoms with Gasteiger partial charge in [-0.05, 0) is 19.4 Å². The van der Waals surface area contributed by atoms with E-state index in [9.17, 15) is 0 Å². The quantitative estimate of drug-likeness (QED) is 0.451. The summed E-state index contributed by atoms with van der Waals surface area (Å²) >= 11 is 5.95. The molecule has 86 valence electrons. The number of ether oxygens (including phenoxy) is 2. The SMILES string of the molecule is CCCOCCNCCC(Cl)COC. The van der Waals surface area contributed by atoms with Crippen molar-refractivity contribution in [3.05, 3.63) is 0 Å². The van der Waals surface area contributed by atoms with Crippen LogP contribution in [0.5, 0.6) is 0 Å². The molecule has 0 aromatic carbocycles. The van der Waals surface area contributed by atoms with Crippen LogP contribution < -0.4 is 5.32 Å². The van der Waals surface area contributed by atoms with Crippen molar-refractivity contribution in [1.29, 1.82) is 0 Å². The molecule has 0 saturated carbocycles. The molecule has 0 aliphatic carbocycles. The van der Waals surface area contributed by atoms with E-state index in [1.165, 1.54) is 0 Å². The maximum atomic E-state index is 5.95. The normalized spacial score (nSPS) is 13.1. The molecular weight excluding hydrogens is 202 g/mol. The van der Waals surface area contributed by atoms with Crippen LogP contribution in [0, 0.1) is 0 Å². The Bertz CT molecular complexity index is 114. The second kappa shape index (κ2) is 11.2. The van der Waals surface area contributed by atoms with Crippen LogP contribution in [0.1, 0.15) is 19.8 Å². The third kappa shape index (κ3) is 10.3. The smallest absolute Gasteiger partial charge is 0.0626 e. The Morgan fingerprint density at radius 3 is 2.71 bits per heavy atom. The number of halogens is 1. The van der Waals surface area contributed by atoms with Gasteiger partial charge in [0, 0.05) is 20.3 Å². The third-order valence-corrected chi connectivity index (χ3v) is 2.10. The number of methoxy groups -OCH3 is 1. The van der Waals surface area contributed by atoms with E-state index < -0.39 is 0 Å². The molecule has 0 amide bonds. The Kier molecular flexibility index (Phi) is 11.4. The van der Waals surface area contributed by atoms with Gasteiger partial charge in [0.05, 0.1) is 18.6 Å². The van der Waals surface area contributed by atoms with Gasteiger partial charge in [0.2, 0.25) is 0 Å². The van der Waals surface area contributed by atoms with E-state index in [-0.39, 0.29) is 5.38 Å².